The third-order valence-corrected chi connectivity index (χ3v) is 2.74. The highest BCUT2D eigenvalue weighted by molar-refractivity contribution is 9.10. The molecule has 0 aliphatic carbocycles. The SMILES string of the molecule is CN(Cc1cnn(C)c1)c1cncc(Br)c1. The molecule has 2 heterocycles. The number of rotatable bonds is 3. The van der Waals surface area contributed by atoms with Crippen molar-refractivity contribution in [2.24, 2.45) is 7.05 Å². The molecule has 0 fully saturated rings. The minimum Gasteiger partial charge on any atom is -0.369 e. The van der Waals surface area contributed by atoms with Crippen LogP contribution in [0.4, 0.5) is 5.69 Å². The number of anilines is 1. The lowest BCUT2D eigenvalue weighted by Crippen LogP contribution is -2.16. The van der Waals surface area contributed by atoms with Crippen molar-refractivity contribution in [3.05, 3.63) is 40.9 Å². The fourth-order valence-electron chi connectivity index (χ4n) is 1.53. The molecule has 2 rings (SSSR count). The minimum absolute atomic E-state index is 0.825. The van der Waals surface area contributed by atoms with Crippen LogP contribution in [0.2, 0.25) is 0 Å². The second-order valence-corrected chi connectivity index (χ2v) is 4.66. The van der Waals surface area contributed by atoms with Crippen molar-refractivity contribution in [3.63, 3.8) is 0 Å². The molecule has 0 atom stereocenters. The van der Waals surface area contributed by atoms with E-state index in [-0.39, 0.29) is 0 Å². The first-order chi connectivity index (χ1) is 7.65. The largest absolute Gasteiger partial charge is 0.369 e. The van der Waals surface area contributed by atoms with Crippen LogP contribution in [0.1, 0.15) is 5.56 Å². The Morgan fingerprint density at radius 2 is 2.19 bits per heavy atom. The van der Waals surface area contributed by atoms with Gasteiger partial charge in [-0.25, -0.2) is 0 Å². The summed E-state index contributed by atoms with van der Waals surface area (Å²) >= 11 is 3.41. The Kier molecular flexibility index (Phi) is 3.24. The number of hydrogen-bond acceptors (Lipinski definition) is 3. The van der Waals surface area contributed by atoms with E-state index in [2.05, 4.69) is 30.9 Å². The van der Waals surface area contributed by atoms with Crippen molar-refractivity contribution >= 4 is 21.6 Å². The van der Waals surface area contributed by atoms with Gasteiger partial charge in [-0.15, -0.1) is 0 Å². The first-order valence-electron chi connectivity index (χ1n) is 4.94. The van der Waals surface area contributed by atoms with Gasteiger partial charge in [0, 0.05) is 43.1 Å². The Bertz CT molecular complexity index is 480. The number of pyridine rings is 1. The van der Waals surface area contributed by atoms with Crippen LogP contribution in [0.5, 0.6) is 0 Å². The fraction of sp³-hybridized carbons (Fsp3) is 0.273. The zero-order valence-electron chi connectivity index (χ0n) is 9.26. The summed E-state index contributed by atoms with van der Waals surface area (Å²) in [7, 11) is 3.96. The monoisotopic (exact) mass is 280 g/mol. The molecule has 2 aromatic rings. The summed E-state index contributed by atoms with van der Waals surface area (Å²) in [6.45, 7) is 0.825. The Morgan fingerprint density at radius 3 is 2.81 bits per heavy atom. The third-order valence-electron chi connectivity index (χ3n) is 2.31. The number of hydrogen-bond donors (Lipinski definition) is 0. The lowest BCUT2D eigenvalue weighted by molar-refractivity contribution is 0.766. The van der Waals surface area contributed by atoms with Crippen LogP contribution in [0.25, 0.3) is 0 Å². The normalized spacial score (nSPS) is 10.4. The molecule has 0 aromatic carbocycles. The van der Waals surface area contributed by atoms with Gasteiger partial charge in [0.15, 0.2) is 0 Å². The van der Waals surface area contributed by atoms with E-state index in [1.165, 1.54) is 5.56 Å². The van der Waals surface area contributed by atoms with E-state index in [9.17, 15) is 0 Å². The smallest absolute Gasteiger partial charge is 0.0564 e. The summed E-state index contributed by atoms with van der Waals surface area (Å²) in [6, 6.07) is 2.05. The van der Waals surface area contributed by atoms with Crippen LogP contribution < -0.4 is 4.90 Å². The maximum atomic E-state index is 4.15. The van der Waals surface area contributed by atoms with Gasteiger partial charge < -0.3 is 4.90 Å². The van der Waals surface area contributed by atoms with Gasteiger partial charge in [0.05, 0.1) is 18.1 Å². The summed E-state index contributed by atoms with van der Waals surface area (Å²) in [5.74, 6) is 0. The maximum absolute atomic E-state index is 4.15. The van der Waals surface area contributed by atoms with Crippen LogP contribution in [-0.2, 0) is 13.6 Å². The molecular weight excluding hydrogens is 268 g/mol. The minimum atomic E-state index is 0.825. The number of halogens is 1. The Labute approximate surface area is 103 Å². The average molecular weight is 281 g/mol. The van der Waals surface area contributed by atoms with E-state index in [1.807, 2.05) is 43.4 Å². The number of aryl methyl sites for hydroxylation is 1. The quantitative estimate of drug-likeness (QED) is 0.865. The molecule has 0 bridgehead atoms. The van der Waals surface area contributed by atoms with Gasteiger partial charge in [0.1, 0.15) is 0 Å². The molecule has 0 unspecified atom stereocenters. The van der Waals surface area contributed by atoms with Crippen LogP contribution in [-0.4, -0.2) is 21.8 Å². The van der Waals surface area contributed by atoms with E-state index in [4.69, 9.17) is 0 Å². The molecular formula is C11H13BrN4. The summed E-state index contributed by atoms with van der Waals surface area (Å²) in [5.41, 5.74) is 2.27. The highest BCUT2D eigenvalue weighted by Gasteiger charge is 2.04. The highest BCUT2D eigenvalue weighted by atomic mass is 79.9. The molecule has 0 amide bonds. The highest BCUT2D eigenvalue weighted by Crippen LogP contribution is 2.18. The zero-order chi connectivity index (χ0) is 11.5. The Balaban J connectivity index is 2.11. The topological polar surface area (TPSA) is 34.0 Å². The molecule has 4 nitrogen and oxygen atoms in total. The van der Waals surface area contributed by atoms with Gasteiger partial charge in [0.25, 0.3) is 0 Å². The predicted octanol–water partition coefficient (Wildman–Crippen LogP) is 2.21. The number of aromatic nitrogens is 3. The summed E-state index contributed by atoms with van der Waals surface area (Å²) in [6.07, 6.45) is 7.52. The second kappa shape index (κ2) is 4.65. The van der Waals surface area contributed by atoms with E-state index in [0.717, 1.165) is 16.7 Å². The van der Waals surface area contributed by atoms with Gasteiger partial charge in [-0.1, -0.05) is 0 Å². The van der Waals surface area contributed by atoms with Gasteiger partial charge >= 0.3 is 0 Å². The lowest BCUT2D eigenvalue weighted by atomic mass is 10.3. The summed E-state index contributed by atoms with van der Waals surface area (Å²) in [4.78, 5) is 6.28. The molecule has 0 radical (unpaired) electrons. The van der Waals surface area contributed by atoms with E-state index in [0.29, 0.717) is 0 Å². The fourth-order valence-corrected chi connectivity index (χ4v) is 1.88. The van der Waals surface area contributed by atoms with Crippen molar-refractivity contribution in [1.82, 2.24) is 14.8 Å². The van der Waals surface area contributed by atoms with E-state index < -0.39 is 0 Å². The summed E-state index contributed by atoms with van der Waals surface area (Å²) in [5, 5.41) is 4.15. The third kappa shape index (κ3) is 2.61. The molecule has 0 spiro atoms. The molecule has 0 N–H and O–H groups in total. The summed E-state index contributed by atoms with van der Waals surface area (Å²) < 4.78 is 2.80. The maximum Gasteiger partial charge on any atom is 0.0564 e. The average Bonchev–Trinajstić information content (AvgIpc) is 2.64. The van der Waals surface area contributed by atoms with Gasteiger partial charge in [0.2, 0.25) is 0 Å². The predicted molar refractivity (Wildman–Crippen MR) is 67.3 cm³/mol. The van der Waals surface area contributed by atoms with E-state index >= 15 is 0 Å². The Morgan fingerprint density at radius 1 is 1.38 bits per heavy atom. The van der Waals surface area contributed by atoms with Crippen molar-refractivity contribution < 1.29 is 0 Å². The first kappa shape index (κ1) is 11.1. The van der Waals surface area contributed by atoms with Gasteiger partial charge in [-0.3, -0.25) is 9.67 Å². The van der Waals surface area contributed by atoms with Crippen molar-refractivity contribution in [2.75, 3.05) is 11.9 Å². The zero-order valence-corrected chi connectivity index (χ0v) is 10.8. The van der Waals surface area contributed by atoms with Crippen molar-refractivity contribution in [2.45, 2.75) is 6.54 Å². The van der Waals surface area contributed by atoms with Crippen molar-refractivity contribution in [1.29, 1.82) is 0 Å². The van der Waals surface area contributed by atoms with Crippen LogP contribution in [0.3, 0.4) is 0 Å². The first-order valence-corrected chi connectivity index (χ1v) is 5.73. The van der Waals surface area contributed by atoms with Crippen LogP contribution in [0.15, 0.2) is 35.3 Å². The molecule has 84 valence electrons. The second-order valence-electron chi connectivity index (χ2n) is 3.74. The van der Waals surface area contributed by atoms with Crippen LogP contribution >= 0.6 is 15.9 Å². The molecule has 0 aliphatic rings. The lowest BCUT2D eigenvalue weighted by Gasteiger charge is -2.17. The Hall–Kier alpha value is -1.36. The van der Waals surface area contributed by atoms with Crippen molar-refractivity contribution in [3.8, 4) is 0 Å². The van der Waals surface area contributed by atoms with Gasteiger partial charge in [-0.05, 0) is 22.0 Å². The van der Waals surface area contributed by atoms with Crippen LogP contribution in [0, 0.1) is 0 Å². The molecule has 5 heteroatoms. The molecule has 0 saturated carbocycles. The molecule has 2 aromatic heterocycles. The number of nitrogens with zero attached hydrogens (tertiary/aromatic N) is 4. The molecule has 0 saturated heterocycles. The van der Waals surface area contributed by atoms with E-state index in [1.54, 1.807) is 6.20 Å². The standard InChI is InChI=1S/C11H13BrN4/c1-15(7-9-4-14-16(2)8-9)11-3-10(12)5-13-6-11/h3-6,8H,7H2,1-2H3. The molecule has 0 aliphatic heterocycles. The van der Waals surface area contributed by atoms with Gasteiger partial charge in [-0.2, -0.15) is 5.10 Å². The molecule has 16 heavy (non-hydrogen) atoms.